The minimum atomic E-state index is -6.00. The van der Waals surface area contributed by atoms with E-state index in [2.05, 4.69) is 10.6 Å². The first kappa shape index (κ1) is 9.28. The lowest BCUT2D eigenvalue weighted by Gasteiger charge is -1.94. The molecule has 0 saturated carbocycles. The summed E-state index contributed by atoms with van der Waals surface area (Å²) in [5.41, 5.74) is 0. The average molecular weight is 158 g/mol. The Morgan fingerprint density at radius 3 is 1.90 bits per heavy atom. The highest BCUT2D eigenvalue weighted by molar-refractivity contribution is 6.50. The largest absolute Gasteiger partial charge is 0.673 e. The fourth-order valence-electron chi connectivity index (χ4n) is 0.340. The molecule has 0 amide bonds. The second kappa shape index (κ2) is 4.16. The van der Waals surface area contributed by atoms with E-state index in [1.807, 2.05) is 12.4 Å². The summed E-state index contributed by atoms with van der Waals surface area (Å²) < 4.78 is 39.0. The van der Waals surface area contributed by atoms with Crippen LogP contribution in [0.1, 0.15) is 0 Å². The summed E-state index contributed by atoms with van der Waals surface area (Å²) in [6, 6.07) is 0. The van der Waals surface area contributed by atoms with Gasteiger partial charge in [-0.3, -0.25) is 0 Å². The van der Waals surface area contributed by atoms with Gasteiger partial charge in [0, 0.05) is 0 Å². The molecule has 10 heavy (non-hydrogen) atoms. The van der Waals surface area contributed by atoms with Crippen LogP contribution in [0.3, 0.4) is 0 Å². The van der Waals surface area contributed by atoms with Crippen molar-refractivity contribution in [2.24, 2.45) is 0 Å². The van der Waals surface area contributed by atoms with Crippen LogP contribution >= 0.6 is 0 Å². The Hall–Kier alpha value is -0.715. The summed E-state index contributed by atoms with van der Waals surface area (Å²) >= 11 is 0. The molecule has 3 N–H and O–H groups in total. The third-order valence-corrected chi connectivity index (χ3v) is 0.586. The summed E-state index contributed by atoms with van der Waals surface area (Å²) in [5.74, 6) is 0. The maximum Gasteiger partial charge on any atom is 0.673 e. The van der Waals surface area contributed by atoms with Crippen LogP contribution in [0.4, 0.5) is 17.3 Å². The Bertz CT molecular complexity index is 99.6. The minimum absolute atomic E-state index is 1.01. The molecule has 0 aromatic rings. The quantitative estimate of drug-likeness (QED) is 0.373. The molecule has 7 heteroatoms. The SMILES string of the molecule is C1=C[NH2+]CN1.F[B-](F)(F)F. The molecule has 1 aliphatic rings. The number of nitrogens with one attached hydrogen (secondary N) is 1. The first-order valence-corrected chi connectivity index (χ1v) is 2.59. The van der Waals surface area contributed by atoms with Gasteiger partial charge >= 0.3 is 7.25 Å². The monoisotopic (exact) mass is 158 g/mol. The van der Waals surface area contributed by atoms with Crippen LogP contribution < -0.4 is 10.6 Å². The highest BCUT2D eigenvalue weighted by atomic mass is 19.5. The average Bonchev–Trinajstić information content (AvgIpc) is 2.07. The molecule has 0 bridgehead atoms. The molecule has 0 unspecified atom stereocenters. The van der Waals surface area contributed by atoms with E-state index >= 15 is 0 Å². The molecule has 60 valence electrons. The van der Waals surface area contributed by atoms with Crippen LogP contribution in [0, 0.1) is 0 Å². The van der Waals surface area contributed by atoms with E-state index in [1.165, 1.54) is 0 Å². The van der Waals surface area contributed by atoms with Gasteiger partial charge in [-0.25, -0.2) is 0 Å². The van der Waals surface area contributed by atoms with Crippen molar-refractivity contribution in [1.29, 1.82) is 0 Å². The maximum absolute atomic E-state index is 9.75. The zero-order valence-corrected chi connectivity index (χ0v) is 5.03. The molecule has 0 spiro atoms. The molecule has 0 aromatic carbocycles. The van der Waals surface area contributed by atoms with Crippen LogP contribution in [-0.4, -0.2) is 13.9 Å². The Labute approximate surface area is 55.4 Å². The van der Waals surface area contributed by atoms with Gasteiger partial charge in [-0.1, -0.05) is 0 Å². The van der Waals surface area contributed by atoms with Crippen molar-refractivity contribution >= 4 is 7.25 Å². The Balaban J connectivity index is 0.000000162. The van der Waals surface area contributed by atoms with Gasteiger partial charge in [0.2, 0.25) is 0 Å². The first-order chi connectivity index (χ1) is 4.50. The molecule has 0 saturated heterocycles. The molecule has 0 aromatic heterocycles. The second-order valence-electron chi connectivity index (χ2n) is 1.50. The lowest BCUT2D eigenvalue weighted by atomic mass is 10.3. The number of quaternary nitrogens is 1. The van der Waals surface area contributed by atoms with E-state index in [1.54, 1.807) is 0 Å². The molecule has 0 atom stereocenters. The van der Waals surface area contributed by atoms with Crippen molar-refractivity contribution in [3.8, 4) is 0 Å². The third-order valence-electron chi connectivity index (χ3n) is 0.586. The highest BCUT2D eigenvalue weighted by Crippen LogP contribution is 2.06. The van der Waals surface area contributed by atoms with Crippen molar-refractivity contribution < 1.29 is 22.6 Å². The van der Waals surface area contributed by atoms with Crippen LogP contribution in [0.5, 0.6) is 0 Å². The fourth-order valence-corrected chi connectivity index (χ4v) is 0.340. The fraction of sp³-hybridized carbons (Fsp3) is 0.333. The van der Waals surface area contributed by atoms with Crippen LogP contribution in [0.15, 0.2) is 12.4 Å². The lowest BCUT2D eigenvalue weighted by molar-refractivity contribution is -0.581. The van der Waals surface area contributed by atoms with Crippen molar-refractivity contribution in [1.82, 2.24) is 5.32 Å². The highest BCUT2D eigenvalue weighted by Gasteiger charge is 2.20. The van der Waals surface area contributed by atoms with E-state index < -0.39 is 7.25 Å². The van der Waals surface area contributed by atoms with Gasteiger partial charge in [-0.15, -0.1) is 0 Å². The molecule has 1 rings (SSSR count). The molecule has 2 nitrogen and oxygen atoms in total. The first-order valence-electron chi connectivity index (χ1n) is 2.59. The molecule has 0 radical (unpaired) electrons. The van der Waals surface area contributed by atoms with Gasteiger partial charge in [0.15, 0.2) is 6.67 Å². The van der Waals surface area contributed by atoms with E-state index in [9.17, 15) is 17.3 Å². The molecule has 1 heterocycles. The normalized spacial score (nSPS) is 15.6. The molecule has 0 fully saturated rings. The van der Waals surface area contributed by atoms with Crippen LogP contribution in [0.25, 0.3) is 0 Å². The predicted octanol–water partition coefficient (Wildman–Crippen LogP) is -0.118. The van der Waals surface area contributed by atoms with Gasteiger partial charge in [-0.05, 0) is 0 Å². The Kier molecular flexibility index (Phi) is 3.86. The topological polar surface area (TPSA) is 28.6 Å². The number of nitrogens with two attached hydrogens (primary N) is 1. The Morgan fingerprint density at radius 2 is 1.80 bits per heavy atom. The van der Waals surface area contributed by atoms with Gasteiger partial charge in [0.1, 0.15) is 6.20 Å². The van der Waals surface area contributed by atoms with Crippen LogP contribution in [-0.2, 0) is 0 Å². The number of halogens is 4. The van der Waals surface area contributed by atoms with Gasteiger partial charge in [0.25, 0.3) is 0 Å². The van der Waals surface area contributed by atoms with Gasteiger partial charge < -0.3 is 27.9 Å². The molecular weight excluding hydrogens is 151 g/mol. The number of hydrogen-bond acceptors (Lipinski definition) is 1. The van der Waals surface area contributed by atoms with E-state index in [0.717, 1.165) is 6.67 Å². The second-order valence-corrected chi connectivity index (χ2v) is 1.50. The van der Waals surface area contributed by atoms with E-state index in [0.29, 0.717) is 0 Å². The van der Waals surface area contributed by atoms with Gasteiger partial charge in [-0.2, -0.15) is 0 Å². The predicted molar refractivity (Wildman–Crippen MR) is 29.3 cm³/mol. The van der Waals surface area contributed by atoms with E-state index in [-0.39, 0.29) is 0 Å². The summed E-state index contributed by atoms with van der Waals surface area (Å²) in [7, 11) is -6.00. The zero-order valence-electron chi connectivity index (χ0n) is 5.03. The van der Waals surface area contributed by atoms with Crippen LogP contribution in [0.2, 0.25) is 0 Å². The van der Waals surface area contributed by atoms with Gasteiger partial charge in [0.05, 0.1) is 6.20 Å². The zero-order chi connectivity index (χ0) is 8.04. The third kappa shape index (κ3) is 15.7. The smallest absolute Gasteiger partial charge is 0.418 e. The maximum atomic E-state index is 9.75. The van der Waals surface area contributed by atoms with Crippen molar-refractivity contribution in [3.05, 3.63) is 12.4 Å². The summed E-state index contributed by atoms with van der Waals surface area (Å²) in [6.45, 7) is 1.01. The van der Waals surface area contributed by atoms with E-state index in [4.69, 9.17) is 0 Å². The summed E-state index contributed by atoms with van der Waals surface area (Å²) in [4.78, 5) is 0. The molecular formula is C3H7BF4N2. The Morgan fingerprint density at radius 1 is 1.30 bits per heavy atom. The molecule has 0 aliphatic carbocycles. The van der Waals surface area contributed by atoms with Crippen molar-refractivity contribution in [3.63, 3.8) is 0 Å². The summed E-state index contributed by atoms with van der Waals surface area (Å²) in [6.07, 6.45) is 3.93. The van der Waals surface area contributed by atoms with Crippen molar-refractivity contribution in [2.45, 2.75) is 0 Å². The number of hydrogen-bond donors (Lipinski definition) is 2. The summed E-state index contributed by atoms with van der Waals surface area (Å²) in [5, 5.41) is 5.06. The number of rotatable bonds is 0. The standard InChI is InChI=1S/C3H6N2.BF4/c1-2-5-3-4-1;2-1(3,4)5/h1-2,4-5H,3H2;/q;-1/p+1. The molecule has 1 aliphatic heterocycles. The minimum Gasteiger partial charge on any atom is -0.418 e. The van der Waals surface area contributed by atoms with Crippen molar-refractivity contribution in [2.75, 3.05) is 6.67 Å². The lowest BCUT2D eigenvalue weighted by Crippen LogP contribution is -2.77.